The predicted molar refractivity (Wildman–Crippen MR) is 85.5 cm³/mol. The minimum Gasteiger partial charge on any atom is -0.487 e. The fourth-order valence-corrected chi connectivity index (χ4v) is 2.22. The Balaban J connectivity index is 1.84. The second-order valence-corrected chi connectivity index (χ2v) is 4.92. The van der Waals surface area contributed by atoms with Crippen LogP contribution >= 0.6 is 0 Å². The highest BCUT2D eigenvalue weighted by molar-refractivity contribution is 5.70. The normalized spacial score (nSPS) is 10.5. The maximum absolute atomic E-state index is 5.94. The topological polar surface area (TPSA) is 35.1 Å². The van der Waals surface area contributed by atoms with Crippen molar-refractivity contribution < 1.29 is 14.8 Å². The molecule has 0 radical (unpaired) electrons. The first-order valence-corrected chi connectivity index (χ1v) is 7.49. The Morgan fingerprint density at radius 3 is 2.43 bits per heavy atom. The van der Waals surface area contributed by atoms with Crippen LogP contribution in [0.3, 0.4) is 0 Å². The van der Waals surface area contributed by atoms with Crippen LogP contribution in [0.1, 0.15) is 6.42 Å². The molecule has 0 aliphatic heterocycles. The number of methoxy groups -OCH3 is 1. The SMILES string of the molecule is COCCC[NH2+]CCOc1ccccc1-c1ccccc1. The van der Waals surface area contributed by atoms with Crippen LogP contribution in [-0.2, 0) is 4.74 Å². The molecule has 21 heavy (non-hydrogen) atoms. The lowest BCUT2D eigenvalue weighted by atomic mass is 10.1. The molecule has 2 N–H and O–H groups in total. The van der Waals surface area contributed by atoms with Crippen LogP contribution in [0.4, 0.5) is 0 Å². The first-order chi connectivity index (χ1) is 10.4. The molecule has 0 saturated heterocycles. The predicted octanol–water partition coefficient (Wildman–Crippen LogP) is 2.33. The lowest BCUT2D eigenvalue weighted by Gasteiger charge is -2.11. The second-order valence-electron chi connectivity index (χ2n) is 4.92. The van der Waals surface area contributed by atoms with Gasteiger partial charge in [-0.3, -0.25) is 0 Å². The summed E-state index contributed by atoms with van der Waals surface area (Å²) < 4.78 is 11.0. The number of quaternary nitrogens is 1. The van der Waals surface area contributed by atoms with E-state index in [-0.39, 0.29) is 0 Å². The molecule has 0 amide bonds. The van der Waals surface area contributed by atoms with E-state index in [1.165, 1.54) is 5.56 Å². The Bertz CT molecular complexity index is 514. The number of hydrogen-bond acceptors (Lipinski definition) is 2. The first kappa shape index (κ1) is 15.5. The van der Waals surface area contributed by atoms with Crippen LogP contribution < -0.4 is 10.1 Å². The molecule has 0 atom stereocenters. The molecular formula is C18H24NO2+. The van der Waals surface area contributed by atoms with Crippen molar-refractivity contribution in [2.45, 2.75) is 6.42 Å². The molecule has 2 rings (SSSR count). The van der Waals surface area contributed by atoms with Crippen LogP contribution in [0.2, 0.25) is 0 Å². The van der Waals surface area contributed by atoms with Gasteiger partial charge in [0.05, 0.1) is 13.2 Å². The summed E-state index contributed by atoms with van der Waals surface area (Å²) in [5, 5.41) is 2.27. The number of ether oxygens (including phenoxy) is 2. The summed E-state index contributed by atoms with van der Waals surface area (Å²) in [4.78, 5) is 0. The van der Waals surface area contributed by atoms with Crippen LogP contribution in [0, 0.1) is 0 Å². The number of para-hydroxylation sites is 1. The Hall–Kier alpha value is -1.84. The lowest BCUT2D eigenvalue weighted by Crippen LogP contribution is -2.85. The van der Waals surface area contributed by atoms with Gasteiger partial charge < -0.3 is 14.8 Å². The number of rotatable bonds is 9. The molecule has 112 valence electrons. The first-order valence-electron chi connectivity index (χ1n) is 7.49. The third kappa shape index (κ3) is 5.21. The molecule has 0 aromatic heterocycles. The van der Waals surface area contributed by atoms with Crippen LogP contribution in [0.5, 0.6) is 5.75 Å². The third-order valence-corrected chi connectivity index (χ3v) is 3.31. The fraction of sp³-hybridized carbons (Fsp3) is 0.333. The zero-order valence-corrected chi connectivity index (χ0v) is 12.6. The van der Waals surface area contributed by atoms with Crippen LogP contribution in [-0.4, -0.2) is 33.4 Å². The summed E-state index contributed by atoms with van der Waals surface area (Å²) in [7, 11) is 1.74. The van der Waals surface area contributed by atoms with E-state index in [9.17, 15) is 0 Å². The Kier molecular flexibility index (Phi) is 6.78. The Labute approximate surface area is 126 Å². The summed E-state index contributed by atoms with van der Waals surface area (Å²) in [5.41, 5.74) is 2.34. The molecule has 0 bridgehead atoms. The van der Waals surface area contributed by atoms with Crippen molar-refractivity contribution in [1.82, 2.24) is 0 Å². The molecule has 3 nitrogen and oxygen atoms in total. The summed E-state index contributed by atoms with van der Waals surface area (Å²) in [6, 6.07) is 18.6. The number of benzene rings is 2. The molecule has 0 fully saturated rings. The van der Waals surface area contributed by atoms with Gasteiger partial charge in [-0.2, -0.15) is 0 Å². The lowest BCUT2D eigenvalue weighted by molar-refractivity contribution is -0.655. The number of hydrogen-bond donors (Lipinski definition) is 1. The quantitative estimate of drug-likeness (QED) is 0.718. The Morgan fingerprint density at radius 2 is 1.62 bits per heavy atom. The van der Waals surface area contributed by atoms with E-state index in [0.29, 0.717) is 0 Å². The van der Waals surface area contributed by atoms with E-state index in [2.05, 4.69) is 35.6 Å². The molecule has 2 aromatic carbocycles. The standard InChI is InChI=1S/C18H23NO2/c1-20-14-7-12-19-13-15-21-18-11-6-5-10-17(18)16-8-3-2-4-9-16/h2-6,8-11,19H,7,12-15H2,1H3/p+1. The Morgan fingerprint density at radius 1 is 0.857 bits per heavy atom. The van der Waals surface area contributed by atoms with Gasteiger partial charge in [-0.1, -0.05) is 48.5 Å². The van der Waals surface area contributed by atoms with Gasteiger partial charge in [0, 0.05) is 19.1 Å². The minimum atomic E-state index is 0.719. The van der Waals surface area contributed by atoms with Gasteiger partial charge in [0.25, 0.3) is 0 Å². The van der Waals surface area contributed by atoms with Gasteiger partial charge in [0.2, 0.25) is 0 Å². The highest BCUT2D eigenvalue weighted by Gasteiger charge is 2.05. The van der Waals surface area contributed by atoms with E-state index < -0.39 is 0 Å². The minimum absolute atomic E-state index is 0.719. The highest BCUT2D eigenvalue weighted by atomic mass is 16.5. The average Bonchev–Trinajstić information content (AvgIpc) is 2.55. The smallest absolute Gasteiger partial charge is 0.137 e. The van der Waals surface area contributed by atoms with Gasteiger partial charge in [-0.25, -0.2) is 0 Å². The maximum Gasteiger partial charge on any atom is 0.137 e. The summed E-state index contributed by atoms with van der Waals surface area (Å²) >= 11 is 0. The van der Waals surface area contributed by atoms with Gasteiger partial charge in [0.15, 0.2) is 0 Å². The molecule has 0 saturated carbocycles. The zero-order valence-electron chi connectivity index (χ0n) is 12.6. The van der Waals surface area contributed by atoms with E-state index in [0.717, 1.165) is 44.0 Å². The van der Waals surface area contributed by atoms with Gasteiger partial charge in [-0.05, 0) is 11.6 Å². The van der Waals surface area contributed by atoms with Gasteiger partial charge >= 0.3 is 0 Å². The third-order valence-electron chi connectivity index (χ3n) is 3.31. The van der Waals surface area contributed by atoms with Crippen molar-refractivity contribution in [1.29, 1.82) is 0 Å². The van der Waals surface area contributed by atoms with E-state index in [1.807, 2.05) is 24.3 Å². The zero-order chi connectivity index (χ0) is 14.8. The molecule has 0 aliphatic rings. The van der Waals surface area contributed by atoms with E-state index in [4.69, 9.17) is 9.47 Å². The fourth-order valence-electron chi connectivity index (χ4n) is 2.22. The van der Waals surface area contributed by atoms with Crippen molar-refractivity contribution in [3.05, 3.63) is 54.6 Å². The van der Waals surface area contributed by atoms with Crippen molar-refractivity contribution in [2.75, 3.05) is 33.4 Å². The van der Waals surface area contributed by atoms with Gasteiger partial charge in [0.1, 0.15) is 18.9 Å². The summed E-state index contributed by atoms with van der Waals surface area (Å²) in [5.74, 6) is 0.953. The van der Waals surface area contributed by atoms with Crippen molar-refractivity contribution in [3.63, 3.8) is 0 Å². The maximum atomic E-state index is 5.94. The summed E-state index contributed by atoms with van der Waals surface area (Å²) in [6.07, 6.45) is 1.08. The second kappa shape index (κ2) is 9.16. The molecule has 0 aliphatic carbocycles. The molecule has 0 unspecified atom stereocenters. The van der Waals surface area contributed by atoms with Crippen molar-refractivity contribution >= 4 is 0 Å². The molecular weight excluding hydrogens is 262 g/mol. The van der Waals surface area contributed by atoms with Crippen molar-refractivity contribution in [3.8, 4) is 16.9 Å². The van der Waals surface area contributed by atoms with Crippen LogP contribution in [0.25, 0.3) is 11.1 Å². The number of nitrogens with two attached hydrogens (primary N) is 1. The molecule has 0 heterocycles. The monoisotopic (exact) mass is 286 g/mol. The van der Waals surface area contributed by atoms with Crippen molar-refractivity contribution in [2.24, 2.45) is 0 Å². The van der Waals surface area contributed by atoms with E-state index in [1.54, 1.807) is 7.11 Å². The molecule has 0 spiro atoms. The highest BCUT2D eigenvalue weighted by Crippen LogP contribution is 2.29. The molecule has 3 heteroatoms. The van der Waals surface area contributed by atoms with Crippen LogP contribution in [0.15, 0.2) is 54.6 Å². The van der Waals surface area contributed by atoms with Gasteiger partial charge in [-0.15, -0.1) is 0 Å². The van der Waals surface area contributed by atoms with E-state index >= 15 is 0 Å². The average molecular weight is 286 g/mol. The summed E-state index contributed by atoms with van der Waals surface area (Å²) in [6.45, 7) is 3.59. The largest absolute Gasteiger partial charge is 0.487 e. The molecule has 2 aromatic rings.